The third-order valence-corrected chi connectivity index (χ3v) is 2.41. The molecule has 0 bridgehead atoms. The molecule has 0 fully saturated rings. The van der Waals surface area contributed by atoms with Crippen molar-refractivity contribution in [3.8, 4) is 0 Å². The van der Waals surface area contributed by atoms with Crippen molar-refractivity contribution < 1.29 is 4.79 Å². The van der Waals surface area contributed by atoms with Gasteiger partial charge in [-0.15, -0.1) is 0 Å². The number of nitrogens with one attached hydrogen (secondary N) is 1. The summed E-state index contributed by atoms with van der Waals surface area (Å²) in [4.78, 5) is 13.7. The quantitative estimate of drug-likeness (QED) is 0.717. The standard InChI is InChI=1S/C12H22N2O/c1-12(2,3)13-8-7-11(15)14-9-5-4-6-10-14/h4-5,13H,6-10H2,1-3H3. The second kappa shape index (κ2) is 5.31. The van der Waals surface area contributed by atoms with E-state index in [1.165, 1.54) is 0 Å². The molecular weight excluding hydrogens is 188 g/mol. The molecule has 15 heavy (non-hydrogen) atoms. The van der Waals surface area contributed by atoms with Crippen molar-refractivity contribution >= 4 is 5.91 Å². The van der Waals surface area contributed by atoms with Gasteiger partial charge < -0.3 is 10.2 Å². The van der Waals surface area contributed by atoms with Crippen molar-refractivity contribution in [3.05, 3.63) is 12.2 Å². The maximum absolute atomic E-state index is 11.7. The van der Waals surface area contributed by atoms with Crippen LogP contribution in [-0.4, -0.2) is 36.0 Å². The maximum Gasteiger partial charge on any atom is 0.224 e. The summed E-state index contributed by atoms with van der Waals surface area (Å²) in [6.07, 6.45) is 5.80. The van der Waals surface area contributed by atoms with E-state index in [0.717, 1.165) is 26.1 Å². The number of rotatable bonds is 3. The first-order valence-electron chi connectivity index (χ1n) is 5.67. The van der Waals surface area contributed by atoms with Crippen molar-refractivity contribution in [2.24, 2.45) is 0 Å². The van der Waals surface area contributed by atoms with Crippen LogP contribution in [0, 0.1) is 0 Å². The Hall–Kier alpha value is -0.830. The molecule has 0 aromatic heterocycles. The fourth-order valence-corrected chi connectivity index (χ4v) is 1.57. The lowest BCUT2D eigenvalue weighted by molar-refractivity contribution is -0.130. The molecule has 0 radical (unpaired) electrons. The minimum Gasteiger partial charge on any atom is -0.339 e. The Morgan fingerprint density at radius 2 is 2.13 bits per heavy atom. The molecule has 1 amide bonds. The molecule has 1 aliphatic heterocycles. The molecular formula is C12H22N2O. The summed E-state index contributed by atoms with van der Waals surface area (Å²) in [5.41, 5.74) is 0.0993. The predicted octanol–water partition coefficient (Wildman–Crippen LogP) is 1.55. The maximum atomic E-state index is 11.7. The van der Waals surface area contributed by atoms with Crippen molar-refractivity contribution in [1.29, 1.82) is 0 Å². The first kappa shape index (κ1) is 12.2. The summed E-state index contributed by atoms with van der Waals surface area (Å²) < 4.78 is 0. The third kappa shape index (κ3) is 4.98. The number of carbonyl (C=O) groups excluding carboxylic acids is 1. The summed E-state index contributed by atoms with van der Waals surface area (Å²) in [6, 6.07) is 0. The van der Waals surface area contributed by atoms with E-state index in [9.17, 15) is 4.79 Å². The van der Waals surface area contributed by atoms with Crippen molar-refractivity contribution in [2.75, 3.05) is 19.6 Å². The van der Waals surface area contributed by atoms with Crippen LogP contribution in [0.5, 0.6) is 0 Å². The Morgan fingerprint density at radius 1 is 1.40 bits per heavy atom. The van der Waals surface area contributed by atoms with Gasteiger partial charge in [0.05, 0.1) is 0 Å². The Kier molecular flexibility index (Phi) is 4.33. The van der Waals surface area contributed by atoms with Crippen molar-refractivity contribution in [3.63, 3.8) is 0 Å². The molecule has 1 heterocycles. The van der Waals surface area contributed by atoms with E-state index in [0.29, 0.717) is 6.42 Å². The Morgan fingerprint density at radius 3 is 2.67 bits per heavy atom. The van der Waals surface area contributed by atoms with Gasteiger partial charge in [0.25, 0.3) is 0 Å². The Balaban J connectivity index is 2.21. The average molecular weight is 210 g/mol. The largest absolute Gasteiger partial charge is 0.339 e. The van der Waals surface area contributed by atoms with Crippen LogP contribution in [-0.2, 0) is 4.79 Å². The molecule has 3 heteroatoms. The van der Waals surface area contributed by atoms with Crippen LogP contribution in [0.3, 0.4) is 0 Å². The average Bonchev–Trinajstić information content (AvgIpc) is 2.17. The van der Waals surface area contributed by atoms with E-state index in [2.05, 4.69) is 38.2 Å². The molecule has 1 aliphatic rings. The lowest BCUT2D eigenvalue weighted by atomic mass is 10.1. The molecule has 0 unspecified atom stereocenters. The zero-order valence-corrected chi connectivity index (χ0v) is 10.0. The summed E-state index contributed by atoms with van der Waals surface area (Å²) >= 11 is 0. The summed E-state index contributed by atoms with van der Waals surface area (Å²) in [6.45, 7) is 8.77. The summed E-state index contributed by atoms with van der Waals surface area (Å²) in [7, 11) is 0. The van der Waals surface area contributed by atoms with Crippen LogP contribution in [0.15, 0.2) is 12.2 Å². The van der Waals surface area contributed by atoms with Crippen LogP contribution in [0.4, 0.5) is 0 Å². The Bertz CT molecular complexity index is 240. The van der Waals surface area contributed by atoms with Gasteiger partial charge >= 0.3 is 0 Å². The molecule has 86 valence electrons. The van der Waals surface area contributed by atoms with Crippen LogP contribution < -0.4 is 5.32 Å². The summed E-state index contributed by atoms with van der Waals surface area (Å²) in [5.74, 6) is 0.260. The highest BCUT2D eigenvalue weighted by molar-refractivity contribution is 5.76. The highest BCUT2D eigenvalue weighted by Crippen LogP contribution is 2.04. The number of nitrogens with zero attached hydrogens (tertiary/aromatic N) is 1. The fraction of sp³-hybridized carbons (Fsp3) is 0.750. The number of hydrogen-bond acceptors (Lipinski definition) is 2. The molecule has 0 atom stereocenters. The van der Waals surface area contributed by atoms with E-state index in [1.807, 2.05) is 4.90 Å². The van der Waals surface area contributed by atoms with Gasteiger partial charge in [-0.05, 0) is 27.2 Å². The van der Waals surface area contributed by atoms with Gasteiger partial charge in [-0.1, -0.05) is 12.2 Å². The minimum atomic E-state index is 0.0993. The van der Waals surface area contributed by atoms with E-state index in [-0.39, 0.29) is 11.4 Å². The molecule has 3 nitrogen and oxygen atoms in total. The Labute approximate surface area is 92.5 Å². The highest BCUT2D eigenvalue weighted by atomic mass is 16.2. The molecule has 0 spiro atoms. The van der Waals surface area contributed by atoms with Crippen molar-refractivity contribution in [2.45, 2.75) is 39.2 Å². The zero-order valence-electron chi connectivity index (χ0n) is 10.0. The van der Waals surface area contributed by atoms with Gasteiger partial charge in [0.1, 0.15) is 0 Å². The molecule has 1 rings (SSSR count). The van der Waals surface area contributed by atoms with Gasteiger partial charge in [0.15, 0.2) is 0 Å². The van der Waals surface area contributed by atoms with Crippen LogP contribution in [0.2, 0.25) is 0 Å². The molecule has 0 aromatic carbocycles. The van der Waals surface area contributed by atoms with Crippen LogP contribution in [0.1, 0.15) is 33.6 Å². The topological polar surface area (TPSA) is 32.3 Å². The number of amides is 1. The predicted molar refractivity (Wildman–Crippen MR) is 62.7 cm³/mol. The molecule has 1 N–H and O–H groups in total. The normalized spacial score (nSPS) is 16.9. The fourth-order valence-electron chi connectivity index (χ4n) is 1.57. The summed E-state index contributed by atoms with van der Waals surface area (Å²) in [5, 5.41) is 3.33. The SMILES string of the molecule is CC(C)(C)NCCC(=O)N1CC=CCC1. The van der Waals surface area contributed by atoms with Gasteiger partial charge in [-0.2, -0.15) is 0 Å². The molecule has 0 saturated heterocycles. The smallest absolute Gasteiger partial charge is 0.224 e. The minimum absolute atomic E-state index is 0.0993. The second-order valence-corrected chi connectivity index (χ2v) is 5.03. The van der Waals surface area contributed by atoms with Crippen molar-refractivity contribution in [1.82, 2.24) is 10.2 Å². The number of hydrogen-bond donors (Lipinski definition) is 1. The van der Waals surface area contributed by atoms with Gasteiger partial charge in [0.2, 0.25) is 5.91 Å². The van der Waals surface area contributed by atoms with Gasteiger partial charge in [0, 0.05) is 31.6 Å². The van der Waals surface area contributed by atoms with E-state index in [1.54, 1.807) is 0 Å². The number of carbonyl (C=O) groups is 1. The molecule has 0 saturated carbocycles. The van der Waals surface area contributed by atoms with Gasteiger partial charge in [-0.25, -0.2) is 0 Å². The van der Waals surface area contributed by atoms with Crippen LogP contribution >= 0.6 is 0 Å². The zero-order chi connectivity index (χ0) is 11.3. The van der Waals surface area contributed by atoms with E-state index < -0.39 is 0 Å². The van der Waals surface area contributed by atoms with E-state index in [4.69, 9.17) is 0 Å². The molecule has 0 aliphatic carbocycles. The third-order valence-electron chi connectivity index (χ3n) is 2.41. The lowest BCUT2D eigenvalue weighted by Crippen LogP contribution is -2.40. The second-order valence-electron chi connectivity index (χ2n) is 5.03. The first-order valence-corrected chi connectivity index (χ1v) is 5.67. The molecule has 0 aromatic rings. The van der Waals surface area contributed by atoms with E-state index >= 15 is 0 Å². The first-order chi connectivity index (χ1) is 6.99. The van der Waals surface area contributed by atoms with Gasteiger partial charge in [-0.3, -0.25) is 4.79 Å². The highest BCUT2D eigenvalue weighted by Gasteiger charge is 2.14. The monoisotopic (exact) mass is 210 g/mol. The van der Waals surface area contributed by atoms with Crippen LogP contribution in [0.25, 0.3) is 0 Å². The lowest BCUT2D eigenvalue weighted by Gasteiger charge is -2.25.